The van der Waals surface area contributed by atoms with Gasteiger partial charge in [-0.3, -0.25) is 4.99 Å². The minimum Gasteiger partial charge on any atom is -0.386 e. The van der Waals surface area contributed by atoms with Crippen molar-refractivity contribution in [3.8, 4) is 0 Å². The van der Waals surface area contributed by atoms with Gasteiger partial charge < -0.3 is 16.2 Å². The predicted octanol–water partition coefficient (Wildman–Crippen LogP) is 1.59. The maximum atomic E-state index is 14.7. The van der Waals surface area contributed by atoms with Crippen LogP contribution in [0.25, 0.3) is 0 Å². The van der Waals surface area contributed by atoms with Crippen LogP contribution in [0.2, 0.25) is 0 Å². The van der Waals surface area contributed by atoms with Crippen LogP contribution >= 0.6 is 0 Å². The zero-order chi connectivity index (χ0) is 20.2. The molecule has 1 unspecified atom stereocenters. The maximum Gasteiger partial charge on any atom is 0.226 e. The molecule has 7 nitrogen and oxygen atoms in total. The number of halogens is 1. The van der Waals surface area contributed by atoms with Crippen molar-refractivity contribution in [2.75, 3.05) is 18.9 Å². The van der Waals surface area contributed by atoms with Crippen LogP contribution in [0.5, 0.6) is 0 Å². The average molecular weight is 399 g/mol. The van der Waals surface area contributed by atoms with Crippen molar-refractivity contribution in [2.45, 2.75) is 50.1 Å². The second-order valence-electron chi connectivity index (χ2n) is 8.16. The van der Waals surface area contributed by atoms with Crippen LogP contribution in [0, 0.1) is 11.7 Å². The highest BCUT2D eigenvalue weighted by Gasteiger charge is 2.48. The SMILES string of the molecule is CN1C[C@@](C)(c2cc(NC(O)C3CC3)ccc2F)N=C(N)C(C)(C)S1(=O)=O. The van der Waals surface area contributed by atoms with Gasteiger partial charge in [-0.2, -0.15) is 0 Å². The van der Waals surface area contributed by atoms with E-state index in [1.165, 1.54) is 31.3 Å². The van der Waals surface area contributed by atoms with E-state index in [-0.39, 0.29) is 23.9 Å². The first-order valence-corrected chi connectivity index (χ1v) is 10.4. The van der Waals surface area contributed by atoms with Gasteiger partial charge in [-0.15, -0.1) is 0 Å². The number of sulfonamides is 1. The quantitative estimate of drug-likeness (QED) is 0.668. The number of hydrogen-bond donors (Lipinski definition) is 3. The minimum atomic E-state index is -3.75. The molecule has 0 spiro atoms. The first-order valence-electron chi connectivity index (χ1n) is 8.95. The van der Waals surface area contributed by atoms with Gasteiger partial charge in [0.15, 0.2) is 0 Å². The Morgan fingerprint density at radius 3 is 2.59 bits per heavy atom. The van der Waals surface area contributed by atoms with Crippen LogP contribution < -0.4 is 11.1 Å². The molecule has 1 saturated carbocycles. The summed E-state index contributed by atoms with van der Waals surface area (Å²) in [5.74, 6) is -0.367. The molecule has 3 rings (SSSR count). The smallest absolute Gasteiger partial charge is 0.226 e. The van der Waals surface area contributed by atoms with E-state index in [0.29, 0.717) is 5.69 Å². The fourth-order valence-corrected chi connectivity index (χ4v) is 4.86. The number of benzene rings is 1. The summed E-state index contributed by atoms with van der Waals surface area (Å²) in [7, 11) is -2.31. The second-order valence-corrected chi connectivity index (χ2v) is 10.8. The van der Waals surface area contributed by atoms with Crippen molar-refractivity contribution in [1.29, 1.82) is 0 Å². The lowest BCUT2D eigenvalue weighted by molar-refractivity contribution is 0.180. The molecule has 0 amide bonds. The number of amidine groups is 1. The van der Waals surface area contributed by atoms with Crippen molar-refractivity contribution in [3.63, 3.8) is 0 Å². The van der Waals surface area contributed by atoms with Crippen LogP contribution in [-0.4, -0.2) is 48.2 Å². The van der Waals surface area contributed by atoms with Crippen LogP contribution in [-0.2, 0) is 15.6 Å². The van der Waals surface area contributed by atoms with Gasteiger partial charge in [-0.1, -0.05) is 0 Å². The van der Waals surface area contributed by atoms with Crippen LogP contribution in [0.3, 0.4) is 0 Å². The lowest BCUT2D eigenvalue weighted by Crippen LogP contribution is -2.50. The predicted molar refractivity (Wildman–Crippen MR) is 103 cm³/mol. The van der Waals surface area contributed by atoms with Crippen LogP contribution in [0.4, 0.5) is 10.1 Å². The second kappa shape index (κ2) is 6.42. The Bertz CT molecular complexity index is 883. The van der Waals surface area contributed by atoms with E-state index in [4.69, 9.17) is 5.73 Å². The summed E-state index contributed by atoms with van der Waals surface area (Å²) in [5, 5.41) is 13.1. The topological polar surface area (TPSA) is 108 Å². The lowest BCUT2D eigenvalue weighted by atomic mass is 9.91. The lowest BCUT2D eigenvalue weighted by Gasteiger charge is -2.30. The van der Waals surface area contributed by atoms with Crippen molar-refractivity contribution in [2.24, 2.45) is 16.6 Å². The van der Waals surface area contributed by atoms with Gasteiger partial charge in [0.25, 0.3) is 0 Å². The van der Waals surface area contributed by atoms with Gasteiger partial charge in [0.2, 0.25) is 10.0 Å². The van der Waals surface area contributed by atoms with E-state index in [1.807, 2.05) is 0 Å². The number of anilines is 1. The molecule has 1 fully saturated rings. The van der Waals surface area contributed by atoms with Crippen LogP contribution in [0.1, 0.15) is 39.2 Å². The number of aliphatic hydroxyl groups excluding tert-OH is 1. The zero-order valence-corrected chi connectivity index (χ0v) is 16.8. The summed E-state index contributed by atoms with van der Waals surface area (Å²) < 4.78 is 40.1. The summed E-state index contributed by atoms with van der Waals surface area (Å²) in [5.41, 5.74) is 5.62. The summed E-state index contributed by atoms with van der Waals surface area (Å²) in [6.45, 7) is 4.59. The number of nitrogens with zero attached hydrogens (tertiary/aromatic N) is 2. The van der Waals surface area contributed by atoms with Gasteiger partial charge in [0.05, 0.1) is 0 Å². The molecule has 2 aliphatic rings. The van der Waals surface area contributed by atoms with Crippen molar-refractivity contribution in [1.82, 2.24) is 4.31 Å². The molecule has 1 heterocycles. The number of hydrogen-bond acceptors (Lipinski definition) is 6. The Hall–Kier alpha value is -1.71. The molecule has 0 saturated heterocycles. The normalized spacial score (nSPS) is 28.9. The van der Waals surface area contributed by atoms with Crippen molar-refractivity contribution < 1.29 is 17.9 Å². The van der Waals surface area contributed by atoms with Crippen molar-refractivity contribution >= 4 is 21.5 Å². The fourth-order valence-electron chi connectivity index (χ4n) is 3.35. The summed E-state index contributed by atoms with van der Waals surface area (Å²) >= 11 is 0. The molecule has 27 heavy (non-hydrogen) atoms. The molecule has 4 N–H and O–H groups in total. The standard InChI is InChI=1S/C18H27FN4O3S/c1-17(2)16(20)22-18(3,10-23(4)27(17,25)26)13-9-12(7-8-14(13)19)21-15(24)11-5-6-11/h7-9,11,15,21,24H,5-6,10H2,1-4H3,(H2,20,22)/t15?,18-/m0/s1. The van der Waals surface area contributed by atoms with Gasteiger partial charge >= 0.3 is 0 Å². The molecular weight excluding hydrogens is 371 g/mol. The summed E-state index contributed by atoms with van der Waals surface area (Å²) in [6.07, 6.45) is 1.22. The molecule has 1 aliphatic heterocycles. The third-order valence-electron chi connectivity index (χ3n) is 5.50. The largest absolute Gasteiger partial charge is 0.386 e. The maximum absolute atomic E-state index is 14.7. The fraction of sp³-hybridized carbons (Fsp3) is 0.611. The van der Waals surface area contributed by atoms with Gasteiger partial charge in [0.1, 0.15) is 28.2 Å². The van der Waals surface area contributed by atoms with Gasteiger partial charge in [0, 0.05) is 30.8 Å². The van der Waals surface area contributed by atoms with E-state index in [2.05, 4.69) is 10.3 Å². The highest BCUT2D eigenvalue weighted by molar-refractivity contribution is 7.91. The number of aliphatic hydroxyl groups is 1. The minimum absolute atomic E-state index is 0.0506. The highest BCUT2D eigenvalue weighted by atomic mass is 32.2. The Morgan fingerprint density at radius 2 is 2.00 bits per heavy atom. The molecule has 0 aromatic heterocycles. The van der Waals surface area contributed by atoms with E-state index >= 15 is 0 Å². The average Bonchev–Trinajstić information content (AvgIpc) is 3.40. The van der Waals surface area contributed by atoms with Gasteiger partial charge in [-0.05, 0) is 51.8 Å². The zero-order valence-electron chi connectivity index (χ0n) is 16.0. The molecule has 1 aliphatic carbocycles. The van der Waals surface area contributed by atoms with Gasteiger partial charge in [-0.25, -0.2) is 17.1 Å². The van der Waals surface area contributed by atoms with E-state index in [1.54, 1.807) is 19.1 Å². The van der Waals surface area contributed by atoms with E-state index in [0.717, 1.165) is 12.8 Å². The first kappa shape index (κ1) is 20.0. The number of aliphatic imine (C=N–C) groups is 1. The Kier molecular flexibility index (Phi) is 4.77. The Balaban J connectivity index is 2.04. The third-order valence-corrected chi connectivity index (χ3v) is 7.95. The third kappa shape index (κ3) is 3.43. The molecular formula is C18H27FN4O3S. The first-order chi connectivity index (χ1) is 12.4. The number of nitrogens with one attached hydrogen (secondary N) is 1. The summed E-state index contributed by atoms with van der Waals surface area (Å²) in [6, 6.07) is 4.40. The molecule has 1 aromatic rings. The van der Waals surface area contributed by atoms with Crippen molar-refractivity contribution in [3.05, 3.63) is 29.6 Å². The monoisotopic (exact) mass is 398 g/mol. The molecule has 0 radical (unpaired) electrons. The number of nitrogens with two attached hydrogens (primary N) is 1. The molecule has 9 heteroatoms. The number of likely N-dealkylation sites (N-methyl/N-ethyl adjacent to an activating group) is 1. The molecule has 150 valence electrons. The Morgan fingerprint density at radius 1 is 1.37 bits per heavy atom. The molecule has 1 aromatic carbocycles. The highest BCUT2D eigenvalue weighted by Crippen LogP contribution is 2.37. The number of rotatable bonds is 4. The Labute approximate surface area is 159 Å². The van der Waals surface area contributed by atoms with E-state index < -0.39 is 32.4 Å². The van der Waals surface area contributed by atoms with Crippen LogP contribution in [0.15, 0.2) is 23.2 Å². The summed E-state index contributed by atoms with van der Waals surface area (Å²) in [4.78, 5) is 4.45. The molecule has 0 bridgehead atoms. The van der Waals surface area contributed by atoms with E-state index in [9.17, 15) is 17.9 Å². The molecule has 2 atom stereocenters.